The van der Waals surface area contributed by atoms with Crippen molar-refractivity contribution in [2.24, 2.45) is 11.3 Å². The molecule has 1 fully saturated rings. The molecule has 0 amide bonds. The van der Waals surface area contributed by atoms with E-state index in [9.17, 15) is 9.18 Å². The molecule has 1 aromatic carbocycles. The van der Waals surface area contributed by atoms with Gasteiger partial charge in [0.15, 0.2) is 5.78 Å². The Morgan fingerprint density at radius 3 is 2.17 bits per heavy atom. The van der Waals surface area contributed by atoms with Gasteiger partial charge in [-0.1, -0.05) is 33.1 Å². The van der Waals surface area contributed by atoms with Gasteiger partial charge in [0.25, 0.3) is 0 Å². The Morgan fingerprint density at radius 1 is 1.11 bits per heavy atom. The lowest BCUT2D eigenvalue weighted by molar-refractivity contribution is 0.0584. The minimum Gasteiger partial charge on any atom is -0.294 e. The first kappa shape index (κ1) is 13.3. The Bertz CT molecular complexity index is 413. The third-order valence-electron chi connectivity index (χ3n) is 4.41. The summed E-state index contributed by atoms with van der Waals surface area (Å²) < 4.78 is 12.9. The maximum Gasteiger partial charge on any atom is 0.169 e. The summed E-state index contributed by atoms with van der Waals surface area (Å²) in [6.07, 6.45) is 5.43. The summed E-state index contributed by atoms with van der Waals surface area (Å²) >= 11 is 0. The number of halogens is 1. The molecule has 1 aromatic rings. The third-order valence-corrected chi connectivity index (χ3v) is 4.41. The highest BCUT2D eigenvalue weighted by Crippen LogP contribution is 2.44. The molecule has 1 saturated carbocycles. The normalized spacial score (nSPS) is 18.9. The average Bonchev–Trinajstić information content (AvgIpc) is 2.39. The smallest absolute Gasteiger partial charge is 0.169 e. The lowest BCUT2D eigenvalue weighted by Gasteiger charge is -2.39. The summed E-state index contributed by atoms with van der Waals surface area (Å²) in [6.45, 7) is 4.26. The van der Waals surface area contributed by atoms with Gasteiger partial charge >= 0.3 is 0 Å². The number of hydrogen-bond acceptors (Lipinski definition) is 1. The van der Waals surface area contributed by atoms with Crippen LogP contribution in [-0.4, -0.2) is 5.78 Å². The van der Waals surface area contributed by atoms with Crippen molar-refractivity contribution in [1.29, 1.82) is 0 Å². The van der Waals surface area contributed by atoms with E-state index in [0.717, 1.165) is 25.7 Å². The monoisotopic (exact) mass is 248 g/mol. The Hall–Kier alpha value is -1.18. The summed E-state index contributed by atoms with van der Waals surface area (Å²) in [5.41, 5.74) is 0.433. The summed E-state index contributed by atoms with van der Waals surface area (Å²) in [5.74, 6) is 0.265. The van der Waals surface area contributed by atoms with Gasteiger partial charge in [0.2, 0.25) is 0 Å². The van der Waals surface area contributed by atoms with Crippen molar-refractivity contribution < 1.29 is 9.18 Å². The van der Waals surface area contributed by atoms with E-state index >= 15 is 0 Å². The first-order chi connectivity index (χ1) is 8.56. The van der Waals surface area contributed by atoms with Crippen LogP contribution >= 0.6 is 0 Å². The average molecular weight is 248 g/mol. The maximum absolute atomic E-state index is 12.9. The molecule has 0 atom stereocenters. The summed E-state index contributed by atoms with van der Waals surface area (Å²) in [6, 6.07) is 6.00. The number of Topliss-reactive ketones (excluding diaryl/α,β-unsaturated/α-hetero) is 1. The Morgan fingerprint density at radius 2 is 1.67 bits per heavy atom. The van der Waals surface area contributed by atoms with Gasteiger partial charge in [-0.3, -0.25) is 4.79 Å². The van der Waals surface area contributed by atoms with Gasteiger partial charge in [-0.15, -0.1) is 0 Å². The second-order valence-corrected chi connectivity index (χ2v) is 5.71. The van der Waals surface area contributed by atoms with Crippen LogP contribution in [0.3, 0.4) is 0 Å². The van der Waals surface area contributed by atoms with E-state index in [2.05, 4.69) is 13.8 Å². The summed E-state index contributed by atoms with van der Waals surface area (Å²) in [7, 11) is 0. The molecule has 0 spiro atoms. The quantitative estimate of drug-likeness (QED) is 0.714. The van der Waals surface area contributed by atoms with Gasteiger partial charge in [-0.2, -0.15) is 0 Å². The van der Waals surface area contributed by atoms with E-state index in [1.807, 2.05) is 0 Å². The van der Waals surface area contributed by atoms with Crippen LogP contribution in [-0.2, 0) is 0 Å². The van der Waals surface area contributed by atoms with E-state index in [-0.39, 0.29) is 17.0 Å². The van der Waals surface area contributed by atoms with Crippen molar-refractivity contribution in [3.8, 4) is 0 Å². The van der Waals surface area contributed by atoms with Gasteiger partial charge in [0.05, 0.1) is 0 Å². The third kappa shape index (κ3) is 2.33. The Kier molecular flexibility index (Phi) is 3.84. The first-order valence-corrected chi connectivity index (χ1v) is 6.86. The van der Waals surface area contributed by atoms with Crippen LogP contribution in [0.15, 0.2) is 24.3 Å². The molecule has 0 aromatic heterocycles. The minimum absolute atomic E-state index is 0.206. The highest BCUT2D eigenvalue weighted by atomic mass is 19.1. The number of benzene rings is 1. The van der Waals surface area contributed by atoms with Gasteiger partial charge in [-0.25, -0.2) is 4.39 Å². The van der Waals surface area contributed by atoms with Crippen molar-refractivity contribution in [1.82, 2.24) is 0 Å². The van der Waals surface area contributed by atoms with Crippen LogP contribution < -0.4 is 0 Å². The largest absolute Gasteiger partial charge is 0.294 e. The number of carbonyl (C=O) groups excluding carboxylic acids is 1. The van der Waals surface area contributed by atoms with Crippen LogP contribution in [0, 0.1) is 17.2 Å². The fraction of sp³-hybridized carbons (Fsp3) is 0.562. The Balaban J connectivity index is 2.31. The van der Waals surface area contributed by atoms with Crippen LogP contribution in [0.1, 0.15) is 56.3 Å². The van der Waals surface area contributed by atoms with Crippen molar-refractivity contribution in [3.63, 3.8) is 0 Å². The van der Waals surface area contributed by atoms with Crippen molar-refractivity contribution in [2.75, 3.05) is 0 Å². The van der Waals surface area contributed by atoms with E-state index < -0.39 is 0 Å². The second-order valence-electron chi connectivity index (χ2n) is 5.71. The molecular weight excluding hydrogens is 227 g/mol. The molecule has 0 bridgehead atoms. The molecule has 0 aliphatic heterocycles. The van der Waals surface area contributed by atoms with Crippen LogP contribution in [0.25, 0.3) is 0 Å². The van der Waals surface area contributed by atoms with Crippen LogP contribution in [0.4, 0.5) is 4.39 Å². The zero-order valence-electron chi connectivity index (χ0n) is 11.2. The predicted octanol–water partition coefficient (Wildman–Crippen LogP) is 4.61. The standard InChI is InChI=1S/C16H21FO/c1-12(2)16(10-4-3-5-11-16)15(18)13-6-8-14(17)9-7-13/h6-9,12H,3-5,10-11H2,1-2H3. The van der Waals surface area contributed by atoms with Crippen molar-refractivity contribution in [3.05, 3.63) is 35.6 Å². The van der Waals surface area contributed by atoms with Gasteiger partial charge in [0, 0.05) is 11.0 Å². The molecular formula is C16H21FO. The van der Waals surface area contributed by atoms with Crippen LogP contribution in [0.2, 0.25) is 0 Å². The second kappa shape index (κ2) is 5.21. The highest BCUT2D eigenvalue weighted by molar-refractivity contribution is 6.00. The molecule has 98 valence electrons. The van der Waals surface area contributed by atoms with E-state index in [1.165, 1.54) is 18.6 Å². The van der Waals surface area contributed by atoms with E-state index in [4.69, 9.17) is 0 Å². The molecule has 2 heteroatoms. The molecule has 0 radical (unpaired) electrons. The summed E-state index contributed by atoms with van der Waals surface area (Å²) in [5, 5.41) is 0. The fourth-order valence-corrected chi connectivity index (χ4v) is 3.14. The number of hydrogen-bond donors (Lipinski definition) is 0. The van der Waals surface area contributed by atoms with Gasteiger partial charge in [0.1, 0.15) is 5.82 Å². The maximum atomic E-state index is 12.9. The Labute approximate surface area is 108 Å². The van der Waals surface area contributed by atoms with Gasteiger partial charge in [-0.05, 0) is 43.0 Å². The van der Waals surface area contributed by atoms with E-state index in [1.54, 1.807) is 12.1 Å². The number of carbonyl (C=O) groups is 1. The molecule has 1 aliphatic carbocycles. The zero-order chi connectivity index (χ0) is 13.2. The molecule has 18 heavy (non-hydrogen) atoms. The zero-order valence-corrected chi connectivity index (χ0v) is 11.2. The fourth-order valence-electron chi connectivity index (χ4n) is 3.14. The van der Waals surface area contributed by atoms with Crippen molar-refractivity contribution >= 4 is 5.78 Å². The molecule has 1 aliphatic rings. The molecule has 0 heterocycles. The molecule has 0 N–H and O–H groups in total. The highest BCUT2D eigenvalue weighted by Gasteiger charge is 2.42. The minimum atomic E-state index is -0.284. The number of ketones is 1. The lowest BCUT2D eigenvalue weighted by atomic mass is 9.63. The first-order valence-electron chi connectivity index (χ1n) is 6.86. The number of rotatable bonds is 3. The lowest BCUT2D eigenvalue weighted by Crippen LogP contribution is -2.38. The predicted molar refractivity (Wildman–Crippen MR) is 71.1 cm³/mol. The molecule has 2 rings (SSSR count). The van der Waals surface area contributed by atoms with Crippen LogP contribution in [0.5, 0.6) is 0 Å². The summed E-state index contributed by atoms with van der Waals surface area (Å²) in [4.78, 5) is 12.8. The molecule has 0 unspecified atom stereocenters. The topological polar surface area (TPSA) is 17.1 Å². The SMILES string of the molecule is CC(C)C1(C(=O)c2ccc(F)cc2)CCCCC1. The molecule has 0 saturated heterocycles. The van der Waals surface area contributed by atoms with Crippen molar-refractivity contribution in [2.45, 2.75) is 46.0 Å². The molecule has 1 nitrogen and oxygen atoms in total. The van der Waals surface area contributed by atoms with E-state index in [0.29, 0.717) is 11.5 Å². The van der Waals surface area contributed by atoms with Gasteiger partial charge < -0.3 is 0 Å².